The molecular weight excluding hydrogens is 238 g/mol. The Labute approximate surface area is 102 Å². The monoisotopic (exact) mass is 249 g/mol. The average molecular weight is 249 g/mol. The molecule has 0 amide bonds. The number of nitrogens with zero attached hydrogens (tertiary/aromatic N) is 3. The van der Waals surface area contributed by atoms with Gasteiger partial charge in [-0.05, 0) is 18.9 Å². The van der Waals surface area contributed by atoms with Crippen molar-refractivity contribution < 1.29 is 9.90 Å². The van der Waals surface area contributed by atoms with E-state index in [2.05, 4.69) is 15.0 Å². The molecule has 2 heterocycles. The summed E-state index contributed by atoms with van der Waals surface area (Å²) in [4.78, 5) is 23.8. The van der Waals surface area contributed by atoms with Crippen LogP contribution in [0.5, 0.6) is 0 Å². The van der Waals surface area contributed by atoms with Crippen molar-refractivity contribution in [2.75, 3.05) is 0 Å². The number of aryl methyl sites for hydroxylation is 2. The maximum atomic E-state index is 11.0. The average Bonchev–Trinajstić information content (AvgIpc) is 2.74. The third-order valence-corrected chi connectivity index (χ3v) is 3.28. The number of rotatable bonds is 3. The first-order valence-electron chi connectivity index (χ1n) is 5.13. The highest BCUT2D eigenvalue weighted by atomic mass is 32.1. The van der Waals surface area contributed by atoms with E-state index in [9.17, 15) is 4.79 Å². The predicted octanol–water partition coefficient (Wildman–Crippen LogP) is 2.17. The molecule has 5 nitrogen and oxygen atoms in total. The summed E-state index contributed by atoms with van der Waals surface area (Å²) in [7, 11) is 0. The van der Waals surface area contributed by atoms with Crippen LogP contribution in [0.25, 0.3) is 10.8 Å². The molecule has 2 aromatic heterocycles. The van der Waals surface area contributed by atoms with Gasteiger partial charge in [-0.2, -0.15) is 0 Å². The Morgan fingerprint density at radius 3 is 2.53 bits per heavy atom. The fourth-order valence-electron chi connectivity index (χ4n) is 1.36. The minimum absolute atomic E-state index is 0.270. The van der Waals surface area contributed by atoms with Gasteiger partial charge in [0.25, 0.3) is 0 Å². The van der Waals surface area contributed by atoms with Gasteiger partial charge in [-0.1, -0.05) is 6.92 Å². The number of aromatic carboxylic acids is 1. The normalized spacial score (nSPS) is 10.5. The van der Waals surface area contributed by atoms with Crippen LogP contribution in [-0.2, 0) is 6.42 Å². The van der Waals surface area contributed by atoms with Crippen LogP contribution < -0.4 is 0 Å². The van der Waals surface area contributed by atoms with E-state index in [0.29, 0.717) is 22.9 Å². The molecule has 1 N–H and O–H groups in total. The molecule has 17 heavy (non-hydrogen) atoms. The number of hydrogen-bond acceptors (Lipinski definition) is 5. The highest BCUT2D eigenvalue weighted by Gasteiger charge is 2.17. The highest BCUT2D eigenvalue weighted by molar-refractivity contribution is 7.16. The van der Waals surface area contributed by atoms with Crippen molar-refractivity contribution in [1.29, 1.82) is 0 Å². The summed E-state index contributed by atoms with van der Waals surface area (Å²) >= 11 is 1.12. The SMILES string of the molecule is CCc1nc(-c2ncc(C)cn2)sc1C(=O)O. The maximum absolute atomic E-state index is 11.0. The summed E-state index contributed by atoms with van der Waals surface area (Å²) in [6.07, 6.45) is 3.97. The number of aromatic nitrogens is 3. The molecule has 0 saturated heterocycles. The van der Waals surface area contributed by atoms with Crippen molar-refractivity contribution in [3.8, 4) is 10.8 Å². The molecule has 88 valence electrons. The smallest absolute Gasteiger partial charge is 0.347 e. The highest BCUT2D eigenvalue weighted by Crippen LogP contribution is 2.25. The van der Waals surface area contributed by atoms with Crippen LogP contribution >= 0.6 is 11.3 Å². The van der Waals surface area contributed by atoms with Gasteiger partial charge >= 0.3 is 5.97 Å². The first-order chi connectivity index (χ1) is 8.11. The van der Waals surface area contributed by atoms with Crippen molar-refractivity contribution >= 4 is 17.3 Å². The minimum Gasteiger partial charge on any atom is -0.477 e. The van der Waals surface area contributed by atoms with Crippen molar-refractivity contribution in [1.82, 2.24) is 15.0 Å². The van der Waals surface area contributed by atoms with Crippen LogP contribution in [0.3, 0.4) is 0 Å². The van der Waals surface area contributed by atoms with Crippen molar-refractivity contribution in [3.05, 3.63) is 28.5 Å². The molecule has 2 rings (SSSR count). The third-order valence-electron chi connectivity index (χ3n) is 2.20. The van der Waals surface area contributed by atoms with Crippen molar-refractivity contribution in [2.45, 2.75) is 20.3 Å². The van der Waals surface area contributed by atoms with Crippen LogP contribution in [0.4, 0.5) is 0 Å². The minimum atomic E-state index is -0.947. The summed E-state index contributed by atoms with van der Waals surface area (Å²) in [5.41, 5.74) is 1.54. The quantitative estimate of drug-likeness (QED) is 0.902. The Hall–Kier alpha value is -1.82. The lowest BCUT2D eigenvalue weighted by molar-refractivity contribution is 0.0701. The molecule has 0 spiro atoms. The van der Waals surface area contributed by atoms with E-state index < -0.39 is 5.97 Å². The van der Waals surface area contributed by atoms with Gasteiger partial charge in [-0.3, -0.25) is 0 Å². The first-order valence-corrected chi connectivity index (χ1v) is 5.95. The van der Waals surface area contributed by atoms with Gasteiger partial charge < -0.3 is 5.11 Å². The summed E-state index contributed by atoms with van der Waals surface area (Å²) in [5, 5.41) is 9.59. The Balaban J connectivity index is 2.46. The first kappa shape index (κ1) is 11.7. The molecule has 0 aliphatic rings. The zero-order chi connectivity index (χ0) is 12.4. The van der Waals surface area contributed by atoms with Crippen LogP contribution in [0, 0.1) is 6.92 Å². The lowest BCUT2D eigenvalue weighted by Gasteiger charge is -1.94. The van der Waals surface area contributed by atoms with Gasteiger partial charge in [-0.15, -0.1) is 11.3 Å². The van der Waals surface area contributed by atoms with E-state index in [1.165, 1.54) is 0 Å². The number of carboxylic acids is 1. The largest absolute Gasteiger partial charge is 0.477 e. The molecule has 0 fully saturated rings. The van der Waals surface area contributed by atoms with Gasteiger partial charge in [0.1, 0.15) is 4.88 Å². The zero-order valence-electron chi connectivity index (χ0n) is 9.47. The third kappa shape index (κ3) is 2.31. The van der Waals surface area contributed by atoms with E-state index in [0.717, 1.165) is 16.9 Å². The molecule has 0 unspecified atom stereocenters. The Kier molecular flexibility index (Phi) is 3.14. The molecule has 0 atom stereocenters. The second-order valence-electron chi connectivity index (χ2n) is 3.54. The predicted molar refractivity (Wildman–Crippen MR) is 64.2 cm³/mol. The molecule has 0 radical (unpaired) electrons. The fourth-order valence-corrected chi connectivity index (χ4v) is 2.30. The van der Waals surface area contributed by atoms with E-state index in [1.807, 2.05) is 13.8 Å². The summed E-state index contributed by atoms with van der Waals surface area (Å²) in [6.45, 7) is 3.77. The van der Waals surface area contributed by atoms with E-state index >= 15 is 0 Å². The van der Waals surface area contributed by atoms with E-state index in [4.69, 9.17) is 5.11 Å². The number of hydrogen-bond donors (Lipinski definition) is 1. The van der Waals surface area contributed by atoms with Crippen molar-refractivity contribution in [2.24, 2.45) is 0 Å². The molecule has 0 saturated carbocycles. The molecule has 0 aliphatic heterocycles. The van der Waals surface area contributed by atoms with Crippen molar-refractivity contribution in [3.63, 3.8) is 0 Å². The standard InChI is InChI=1S/C11H11N3O2S/c1-3-7-8(11(15)16)17-10(14-7)9-12-4-6(2)5-13-9/h4-5H,3H2,1-2H3,(H,15,16). The topological polar surface area (TPSA) is 76.0 Å². The zero-order valence-corrected chi connectivity index (χ0v) is 10.3. The second-order valence-corrected chi connectivity index (χ2v) is 4.54. The molecule has 0 aliphatic carbocycles. The Morgan fingerprint density at radius 1 is 1.41 bits per heavy atom. The molecule has 6 heteroatoms. The van der Waals surface area contributed by atoms with Gasteiger partial charge in [0.2, 0.25) is 0 Å². The summed E-state index contributed by atoms with van der Waals surface area (Å²) in [5.74, 6) is -0.472. The number of carbonyl (C=O) groups is 1. The lowest BCUT2D eigenvalue weighted by Crippen LogP contribution is -1.97. The van der Waals surface area contributed by atoms with Crippen LogP contribution in [0.1, 0.15) is 27.9 Å². The van der Waals surface area contributed by atoms with E-state index in [-0.39, 0.29) is 4.88 Å². The van der Waals surface area contributed by atoms with Crippen LogP contribution in [0.15, 0.2) is 12.4 Å². The van der Waals surface area contributed by atoms with Gasteiger partial charge in [0, 0.05) is 12.4 Å². The van der Waals surface area contributed by atoms with E-state index in [1.54, 1.807) is 12.4 Å². The summed E-state index contributed by atoms with van der Waals surface area (Å²) < 4.78 is 0. The second kappa shape index (κ2) is 4.58. The molecular formula is C11H11N3O2S. The van der Waals surface area contributed by atoms with Crippen LogP contribution in [-0.4, -0.2) is 26.0 Å². The molecule has 0 bridgehead atoms. The molecule has 0 aromatic carbocycles. The fraction of sp³-hybridized carbons (Fsp3) is 0.273. The maximum Gasteiger partial charge on any atom is 0.347 e. The Morgan fingerprint density at radius 2 is 2.06 bits per heavy atom. The van der Waals surface area contributed by atoms with Gasteiger partial charge in [0.15, 0.2) is 10.8 Å². The van der Waals surface area contributed by atoms with Crippen LogP contribution in [0.2, 0.25) is 0 Å². The van der Waals surface area contributed by atoms with Gasteiger partial charge in [0.05, 0.1) is 5.69 Å². The number of carboxylic acid groups (broad SMARTS) is 1. The summed E-state index contributed by atoms with van der Waals surface area (Å²) in [6, 6.07) is 0. The van der Waals surface area contributed by atoms with Gasteiger partial charge in [-0.25, -0.2) is 19.7 Å². The Bertz CT molecular complexity index is 548. The number of thiazole rings is 1. The molecule has 2 aromatic rings. The lowest BCUT2D eigenvalue weighted by atomic mass is 10.3.